The van der Waals surface area contributed by atoms with E-state index >= 15 is 0 Å². The smallest absolute Gasteiger partial charge is 0.306 e. The molecule has 0 radical (unpaired) electrons. The first-order valence-electron chi connectivity index (χ1n) is 15.6. The second-order valence-electron chi connectivity index (χ2n) is 10.4. The third kappa shape index (κ3) is 26.0. The molecule has 5 heteroatoms. The van der Waals surface area contributed by atoms with Gasteiger partial charge < -0.3 is 14.2 Å². The monoisotopic (exact) mass is 512 g/mol. The molecule has 0 rings (SSSR count). The first-order valence-corrected chi connectivity index (χ1v) is 15.6. The van der Waals surface area contributed by atoms with Gasteiger partial charge in [-0.2, -0.15) is 0 Å². The van der Waals surface area contributed by atoms with Gasteiger partial charge in [0.1, 0.15) is 6.61 Å². The maximum Gasteiger partial charge on any atom is 0.306 e. The molecule has 0 heterocycles. The number of carbonyl (C=O) groups excluding carboxylic acids is 2. The van der Waals surface area contributed by atoms with Crippen molar-refractivity contribution in [3.8, 4) is 0 Å². The highest BCUT2D eigenvalue weighted by Crippen LogP contribution is 2.12. The predicted molar refractivity (Wildman–Crippen MR) is 150 cm³/mol. The van der Waals surface area contributed by atoms with Gasteiger partial charge in [0.2, 0.25) is 0 Å². The minimum Gasteiger partial charge on any atom is -0.462 e. The van der Waals surface area contributed by atoms with Crippen molar-refractivity contribution in [1.29, 1.82) is 0 Å². The number of rotatable bonds is 28. The van der Waals surface area contributed by atoms with Crippen LogP contribution in [0.4, 0.5) is 0 Å². The molecular formula is C31H60O5. The molecular weight excluding hydrogens is 452 g/mol. The summed E-state index contributed by atoms with van der Waals surface area (Å²) >= 11 is 0. The van der Waals surface area contributed by atoms with Crippen molar-refractivity contribution < 1.29 is 23.8 Å². The fourth-order valence-electron chi connectivity index (χ4n) is 4.27. The summed E-state index contributed by atoms with van der Waals surface area (Å²) in [5, 5.41) is 0. The Labute approximate surface area is 223 Å². The van der Waals surface area contributed by atoms with Crippen LogP contribution in [0.2, 0.25) is 0 Å². The Morgan fingerprint density at radius 1 is 0.500 bits per heavy atom. The summed E-state index contributed by atoms with van der Waals surface area (Å²) in [7, 11) is 0. The molecule has 0 aliphatic carbocycles. The van der Waals surface area contributed by atoms with E-state index in [1.54, 1.807) is 0 Å². The van der Waals surface area contributed by atoms with Crippen molar-refractivity contribution >= 4 is 11.9 Å². The number of hydrogen-bond donors (Lipinski definition) is 0. The van der Waals surface area contributed by atoms with Gasteiger partial charge in [-0.1, -0.05) is 130 Å². The fourth-order valence-corrected chi connectivity index (χ4v) is 4.27. The molecule has 0 aromatic rings. The zero-order valence-electron chi connectivity index (χ0n) is 24.3. The molecule has 1 atom stereocenters. The molecule has 0 aliphatic rings. The van der Waals surface area contributed by atoms with E-state index in [4.69, 9.17) is 14.2 Å². The fraction of sp³-hybridized carbons (Fsp3) is 0.935. The zero-order chi connectivity index (χ0) is 26.5. The van der Waals surface area contributed by atoms with Crippen LogP contribution in [0.5, 0.6) is 0 Å². The normalized spacial score (nSPS) is 12.0. The summed E-state index contributed by atoms with van der Waals surface area (Å²) < 4.78 is 16.9. The van der Waals surface area contributed by atoms with Gasteiger partial charge in [0.05, 0.1) is 6.61 Å². The van der Waals surface area contributed by atoms with Crippen molar-refractivity contribution in [2.75, 3.05) is 19.8 Å². The van der Waals surface area contributed by atoms with Crippen LogP contribution in [0.15, 0.2) is 0 Å². The molecule has 0 bridgehead atoms. The van der Waals surface area contributed by atoms with E-state index in [1.807, 2.05) is 0 Å². The van der Waals surface area contributed by atoms with Crippen LogP contribution in [0.25, 0.3) is 0 Å². The predicted octanol–water partition coefficient (Wildman–Crippen LogP) is 9.10. The second-order valence-corrected chi connectivity index (χ2v) is 10.4. The number of hydrogen-bond acceptors (Lipinski definition) is 5. The Morgan fingerprint density at radius 3 is 1.42 bits per heavy atom. The lowest BCUT2D eigenvalue weighted by atomic mass is 10.1. The summed E-state index contributed by atoms with van der Waals surface area (Å²) in [6.07, 6.45) is 24.1. The molecule has 0 aromatic heterocycles. The van der Waals surface area contributed by atoms with Gasteiger partial charge in [-0.3, -0.25) is 9.59 Å². The van der Waals surface area contributed by atoms with Crippen LogP contribution >= 0.6 is 0 Å². The van der Waals surface area contributed by atoms with Crippen molar-refractivity contribution in [2.24, 2.45) is 0 Å². The number of ether oxygens (including phenoxy) is 3. The molecule has 0 spiro atoms. The minimum atomic E-state index is -0.514. The zero-order valence-corrected chi connectivity index (χ0v) is 24.3. The van der Waals surface area contributed by atoms with Crippen LogP contribution < -0.4 is 0 Å². The summed E-state index contributed by atoms with van der Waals surface area (Å²) in [5.74, 6) is -0.420. The Balaban J connectivity index is 4.11. The van der Waals surface area contributed by atoms with Crippen LogP contribution in [0.3, 0.4) is 0 Å². The second kappa shape index (κ2) is 28.5. The highest BCUT2D eigenvalue weighted by Gasteiger charge is 2.17. The summed E-state index contributed by atoms with van der Waals surface area (Å²) in [5.41, 5.74) is 0. The van der Waals surface area contributed by atoms with Gasteiger partial charge >= 0.3 is 11.9 Å². The van der Waals surface area contributed by atoms with Gasteiger partial charge in [-0.25, -0.2) is 0 Å². The number of unbranched alkanes of at least 4 members (excludes halogenated alkanes) is 17. The number of esters is 2. The van der Waals surface area contributed by atoms with Crippen molar-refractivity contribution in [3.05, 3.63) is 0 Å². The molecule has 0 aliphatic heterocycles. The number of carbonyl (C=O) groups is 2. The summed E-state index contributed by atoms with van der Waals surface area (Å²) in [6, 6.07) is 0. The van der Waals surface area contributed by atoms with Gasteiger partial charge in [-0.05, 0) is 19.3 Å². The van der Waals surface area contributed by atoms with Crippen LogP contribution in [-0.2, 0) is 23.8 Å². The molecule has 0 aromatic carbocycles. The maximum absolute atomic E-state index is 12.3. The van der Waals surface area contributed by atoms with E-state index in [2.05, 4.69) is 20.8 Å². The van der Waals surface area contributed by atoms with Gasteiger partial charge in [-0.15, -0.1) is 0 Å². The minimum absolute atomic E-state index is 0.0907. The molecule has 36 heavy (non-hydrogen) atoms. The van der Waals surface area contributed by atoms with Gasteiger partial charge in [0, 0.05) is 19.4 Å². The highest BCUT2D eigenvalue weighted by molar-refractivity contribution is 5.70. The molecule has 5 nitrogen and oxygen atoms in total. The summed E-state index contributed by atoms with van der Waals surface area (Å²) in [4.78, 5) is 24.4. The third-order valence-corrected chi connectivity index (χ3v) is 6.64. The Bertz CT molecular complexity index is 480. The molecule has 0 saturated heterocycles. The van der Waals surface area contributed by atoms with Crippen molar-refractivity contribution in [1.82, 2.24) is 0 Å². The molecule has 0 saturated carbocycles. The van der Waals surface area contributed by atoms with Crippen molar-refractivity contribution in [2.45, 2.75) is 168 Å². The van der Waals surface area contributed by atoms with E-state index in [1.165, 1.54) is 83.5 Å². The quantitative estimate of drug-likeness (QED) is 0.0772. The Kier molecular flexibility index (Phi) is 27.6. The third-order valence-electron chi connectivity index (χ3n) is 6.64. The SMILES string of the molecule is CCCCCCCCCCCCOCC(COC(=O)CCCCCCC)OC(=O)CCCCCCC. The molecule has 0 amide bonds. The average molecular weight is 513 g/mol. The lowest BCUT2D eigenvalue weighted by Gasteiger charge is -2.18. The standard InChI is InChI=1S/C31H60O5/c1-4-7-10-13-14-15-16-17-20-23-26-34-27-29(36-31(33)25-22-19-12-9-6-3)28-35-30(32)24-21-18-11-8-5-2/h29H,4-28H2,1-3H3. The lowest BCUT2D eigenvalue weighted by molar-refractivity contribution is -0.163. The van der Waals surface area contributed by atoms with E-state index in [0.717, 1.165) is 44.9 Å². The first-order chi connectivity index (χ1) is 17.6. The average Bonchev–Trinajstić information content (AvgIpc) is 2.87. The van der Waals surface area contributed by atoms with Crippen LogP contribution in [0.1, 0.15) is 162 Å². The van der Waals surface area contributed by atoms with Gasteiger partial charge in [0.25, 0.3) is 0 Å². The topological polar surface area (TPSA) is 61.8 Å². The largest absolute Gasteiger partial charge is 0.462 e. The van der Waals surface area contributed by atoms with Crippen LogP contribution in [-0.4, -0.2) is 37.9 Å². The first kappa shape index (κ1) is 34.9. The van der Waals surface area contributed by atoms with E-state index in [-0.39, 0.29) is 18.5 Å². The van der Waals surface area contributed by atoms with Gasteiger partial charge in [0.15, 0.2) is 6.10 Å². The van der Waals surface area contributed by atoms with E-state index < -0.39 is 6.10 Å². The van der Waals surface area contributed by atoms with Crippen molar-refractivity contribution in [3.63, 3.8) is 0 Å². The van der Waals surface area contributed by atoms with E-state index in [9.17, 15) is 9.59 Å². The maximum atomic E-state index is 12.3. The molecule has 0 fully saturated rings. The lowest BCUT2D eigenvalue weighted by Crippen LogP contribution is -2.30. The highest BCUT2D eigenvalue weighted by atomic mass is 16.6. The molecule has 214 valence electrons. The Morgan fingerprint density at radius 2 is 0.917 bits per heavy atom. The molecule has 1 unspecified atom stereocenters. The molecule has 0 N–H and O–H groups in total. The summed E-state index contributed by atoms with van der Waals surface area (Å²) in [6.45, 7) is 7.66. The Hall–Kier alpha value is -1.10. The van der Waals surface area contributed by atoms with E-state index in [0.29, 0.717) is 26.1 Å². The van der Waals surface area contributed by atoms with Crippen LogP contribution in [0, 0.1) is 0 Å².